The second-order valence-electron chi connectivity index (χ2n) is 9.93. The van der Waals surface area contributed by atoms with Gasteiger partial charge in [0, 0.05) is 29.5 Å². The van der Waals surface area contributed by atoms with E-state index in [0.29, 0.717) is 32.9 Å². The monoisotopic (exact) mass is 566 g/mol. The molecule has 10 heteroatoms. The summed E-state index contributed by atoms with van der Waals surface area (Å²) in [5.41, 5.74) is 11.0. The summed E-state index contributed by atoms with van der Waals surface area (Å²) >= 11 is 6.75. The minimum Gasteiger partial charge on any atom is -0.376 e. The number of anilines is 2. The maximum atomic E-state index is 13.8. The molecule has 0 saturated carbocycles. The average Bonchev–Trinajstić information content (AvgIpc) is 3.47. The molecular weight excluding hydrogens is 539 g/mol. The number of hydrogen-bond donors (Lipinski definition) is 4. The molecular formula is C31H28ClFN8. The van der Waals surface area contributed by atoms with Crippen molar-refractivity contribution in [3.8, 4) is 12.1 Å². The van der Waals surface area contributed by atoms with Gasteiger partial charge in [-0.3, -0.25) is 9.99 Å². The van der Waals surface area contributed by atoms with E-state index in [-0.39, 0.29) is 30.4 Å². The van der Waals surface area contributed by atoms with Crippen LogP contribution in [0.2, 0.25) is 5.02 Å². The summed E-state index contributed by atoms with van der Waals surface area (Å²) in [6.45, 7) is 4.11. The lowest BCUT2D eigenvalue weighted by Gasteiger charge is -2.23. The maximum Gasteiger partial charge on any atom is 0.123 e. The van der Waals surface area contributed by atoms with Gasteiger partial charge in [0.1, 0.15) is 11.9 Å². The molecule has 2 heterocycles. The fourth-order valence-electron chi connectivity index (χ4n) is 4.72. The Bertz CT molecular complexity index is 1660. The Labute approximate surface area is 243 Å². The van der Waals surface area contributed by atoms with Gasteiger partial charge in [0.05, 0.1) is 52.1 Å². The summed E-state index contributed by atoms with van der Waals surface area (Å²) < 4.78 is 13.8. The van der Waals surface area contributed by atoms with Crippen LogP contribution in [0, 0.1) is 28.5 Å². The Morgan fingerprint density at radius 3 is 2.44 bits per heavy atom. The average molecular weight is 567 g/mol. The van der Waals surface area contributed by atoms with Crippen LogP contribution in [0.3, 0.4) is 0 Å². The van der Waals surface area contributed by atoms with E-state index in [4.69, 9.17) is 11.6 Å². The van der Waals surface area contributed by atoms with Crippen molar-refractivity contribution >= 4 is 33.9 Å². The van der Waals surface area contributed by atoms with Crippen LogP contribution in [0.25, 0.3) is 10.9 Å². The van der Waals surface area contributed by atoms with Crippen molar-refractivity contribution in [3.05, 3.63) is 112 Å². The van der Waals surface area contributed by atoms with Crippen molar-refractivity contribution in [1.29, 1.82) is 10.5 Å². The zero-order chi connectivity index (χ0) is 28.9. The van der Waals surface area contributed by atoms with Gasteiger partial charge < -0.3 is 16.1 Å². The number of aromatic nitrogens is 1. The molecule has 0 amide bonds. The molecule has 41 heavy (non-hydrogen) atoms. The Morgan fingerprint density at radius 1 is 1.02 bits per heavy atom. The number of pyridine rings is 1. The first-order valence-corrected chi connectivity index (χ1v) is 13.5. The van der Waals surface area contributed by atoms with E-state index in [2.05, 4.69) is 52.6 Å². The molecule has 0 fully saturated rings. The first kappa shape index (κ1) is 27.7. The minimum atomic E-state index is -0.389. The van der Waals surface area contributed by atoms with Crippen molar-refractivity contribution in [2.24, 2.45) is 0 Å². The van der Waals surface area contributed by atoms with Crippen LogP contribution >= 0.6 is 11.6 Å². The Hall–Kier alpha value is -4.83. The zero-order valence-electron chi connectivity index (χ0n) is 22.5. The number of halogens is 2. The third kappa shape index (κ3) is 6.02. The second-order valence-corrected chi connectivity index (χ2v) is 10.3. The van der Waals surface area contributed by atoms with Crippen molar-refractivity contribution < 1.29 is 4.39 Å². The lowest BCUT2D eigenvalue weighted by molar-refractivity contribution is 0.221. The Kier molecular flexibility index (Phi) is 8.21. The molecule has 4 N–H and O–H groups in total. The molecule has 4 aromatic rings. The van der Waals surface area contributed by atoms with Gasteiger partial charge in [-0.25, -0.2) is 4.39 Å². The van der Waals surface area contributed by atoms with Gasteiger partial charge in [-0.15, -0.1) is 5.53 Å². The number of nitrogens with one attached hydrogen (secondary N) is 4. The van der Waals surface area contributed by atoms with E-state index in [9.17, 15) is 14.9 Å². The number of rotatable bonds is 9. The molecule has 1 aliphatic heterocycles. The molecule has 8 nitrogen and oxygen atoms in total. The highest BCUT2D eigenvalue weighted by molar-refractivity contribution is 6.35. The van der Waals surface area contributed by atoms with Crippen LogP contribution in [0.15, 0.2) is 84.8 Å². The highest BCUT2D eigenvalue weighted by Gasteiger charge is 2.25. The van der Waals surface area contributed by atoms with Gasteiger partial charge in [0.15, 0.2) is 0 Å². The largest absolute Gasteiger partial charge is 0.376 e. The Morgan fingerprint density at radius 2 is 1.78 bits per heavy atom. The highest BCUT2D eigenvalue weighted by Crippen LogP contribution is 2.37. The summed E-state index contributed by atoms with van der Waals surface area (Å²) in [4.78, 5) is 4.46. The van der Waals surface area contributed by atoms with Crippen molar-refractivity contribution in [3.63, 3.8) is 0 Å². The fourth-order valence-corrected chi connectivity index (χ4v) is 4.99. The van der Waals surface area contributed by atoms with Crippen LogP contribution in [-0.2, 0) is 0 Å². The van der Waals surface area contributed by atoms with Crippen LogP contribution in [0.5, 0.6) is 0 Å². The van der Waals surface area contributed by atoms with Crippen LogP contribution in [0.4, 0.5) is 15.8 Å². The number of hydrogen-bond acceptors (Lipinski definition) is 8. The summed E-state index contributed by atoms with van der Waals surface area (Å²) in [5.74, 6) is -0.326. The first-order chi connectivity index (χ1) is 19.9. The molecule has 1 aromatic heterocycles. The third-order valence-corrected chi connectivity index (χ3v) is 7.14. The lowest BCUT2D eigenvalue weighted by Crippen LogP contribution is -2.41. The van der Waals surface area contributed by atoms with E-state index in [1.165, 1.54) is 18.3 Å². The van der Waals surface area contributed by atoms with E-state index >= 15 is 0 Å². The van der Waals surface area contributed by atoms with Crippen LogP contribution < -0.4 is 21.6 Å². The molecule has 0 saturated heterocycles. The second kappa shape index (κ2) is 12.1. The highest BCUT2D eigenvalue weighted by atomic mass is 35.5. The normalized spacial score (nSPS) is 14.1. The fraction of sp³-hybridized carbons (Fsp3) is 0.194. The maximum absolute atomic E-state index is 13.8. The number of hydrazine groups is 2. The van der Waals surface area contributed by atoms with Gasteiger partial charge in [0.2, 0.25) is 0 Å². The molecule has 3 aromatic carbocycles. The predicted octanol–water partition coefficient (Wildman–Crippen LogP) is 6.69. The van der Waals surface area contributed by atoms with E-state index < -0.39 is 0 Å². The third-order valence-electron chi connectivity index (χ3n) is 6.85. The van der Waals surface area contributed by atoms with Crippen molar-refractivity contribution in [2.75, 3.05) is 10.6 Å². The summed E-state index contributed by atoms with van der Waals surface area (Å²) in [6, 6.07) is 23.5. The van der Waals surface area contributed by atoms with E-state index in [1.54, 1.807) is 18.2 Å². The first-order valence-electron chi connectivity index (χ1n) is 13.1. The summed E-state index contributed by atoms with van der Waals surface area (Å²) in [5, 5.41) is 29.4. The molecule has 0 unspecified atom stereocenters. The summed E-state index contributed by atoms with van der Waals surface area (Å²) in [6.07, 6.45) is 3.64. The number of nitriles is 2. The number of fused-ring (bicyclic) bond motifs is 1. The molecule has 1 aliphatic rings. The van der Waals surface area contributed by atoms with E-state index in [1.807, 2.05) is 47.6 Å². The lowest BCUT2D eigenvalue weighted by atomic mass is 10.0. The van der Waals surface area contributed by atoms with Gasteiger partial charge in [-0.1, -0.05) is 54.1 Å². The quantitative estimate of drug-likeness (QED) is 0.177. The molecule has 5 rings (SSSR count). The van der Waals surface area contributed by atoms with Gasteiger partial charge in [-0.2, -0.15) is 10.5 Å². The number of benzene rings is 3. The molecule has 0 spiro atoms. The molecule has 0 radical (unpaired) electrons. The summed E-state index contributed by atoms with van der Waals surface area (Å²) in [7, 11) is 0. The van der Waals surface area contributed by atoms with E-state index in [0.717, 1.165) is 16.8 Å². The van der Waals surface area contributed by atoms with Crippen LogP contribution in [0.1, 0.15) is 49.0 Å². The zero-order valence-corrected chi connectivity index (χ0v) is 23.2. The van der Waals surface area contributed by atoms with Crippen LogP contribution in [-0.4, -0.2) is 16.0 Å². The molecule has 0 bridgehead atoms. The number of nitrogens with zero attached hydrogens (tertiary/aromatic N) is 4. The van der Waals surface area contributed by atoms with Gasteiger partial charge in [0.25, 0.3) is 0 Å². The van der Waals surface area contributed by atoms with Gasteiger partial charge in [-0.05, 0) is 49.2 Å². The molecule has 2 atom stereocenters. The Balaban J connectivity index is 1.59. The molecule has 206 valence electrons. The van der Waals surface area contributed by atoms with Gasteiger partial charge >= 0.3 is 0 Å². The standard InChI is InChI=1S/C31H28ClFN8/c1-19(2)41-18-28(39-40-41)30(21-8-10-23(33)11-9-21)37-24-14-25-29(22(16-35)17-36-31(25)26(32)15-24)38-27(12-13-34)20-6-4-3-5-7-20/h3-11,14-15,17-19,27,30,37,39-40H,12H2,1-2H3,(H,36,38)/t27-,30-/m0/s1. The minimum absolute atomic E-state index is 0.191. The van der Waals surface area contributed by atoms with Crippen molar-refractivity contribution in [1.82, 2.24) is 21.0 Å². The topological polar surface area (TPSA) is 112 Å². The van der Waals surface area contributed by atoms with Crippen molar-refractivity contribution in [2.45, 2.75) is 38.4 Å². The molecule has 0 aliphatic carbocycles. The SMILES string of the molecule is CC(C)N1C=C([C@@H](Nc2cc(Cl)c3ncc(C#N)c(N[C@@H](CC#N)c4ccccc4)c3c2)c2ccc(F)cc2)NN1. The predicted molar refractivity (Wildman–Crippen MR) is 159 cm³/mol. The smallest absolute Gasteiger partial charge is 0.123 e.